The molecule has 3 heteroatoms. The average Bonchev–Trinajstić information content (AvgIpc) is 2.20. The lowest BCUT2D eigenvalue weighted by Gasteiger charge is -2.20. The van der Waals surface area contributed by atoms with Gasteiger partial charge in [0.1, 0.15) is 6.10 Å². The summed E-state index contributed by atoms with van der Waals surface area (Å²) in [7, 11) is 0. The molecule has 0 radical (unpaired) electrons. The maximum absolute atomic E-state index is 9.46. The van der Waals surface area contributed by atoms with Crippen LogP contribution in [0.2, 0.25) is 0 Å². The number of hydrogen-bond acceptors (Lipinski definition) is 3. The van der Waals surface area contributed by atoms with Crippen LogP contribution in [-0.4, -0.2) is 30.4 Å². The van der Waals surface area contributed by atoms with E-state index in [0.717, 1.165) is 32.2 Å². The first kappa shape index (κ1) is 11.5. The number of ether oxygens (including phenoxy) is 1. The van der Waals surface area contributed by atoms with Gasteiger partial charge in [-0.25, -0.2) is 0 Å². The van der Waals surface area contributed by atoms with Gasteiger partial charge in [-0.15, -0.1) is 0 Å². The molecule has 1 rings (SSSR count). The van der Waals surface area contributed by atoms with Crippen LogP contribution in [-0.2, 0) is 4.74 Å². The number of aliphatic hydroxyl groups is 1. The molecule has 0 amide bonds. The minimum atomic E-state index is -0.209. The summed E-state index contributed by atoms with van der Waals surface area (Å²) in [5.41, 5.74) is 0. The molecular weight excluding hydrogens is 178 g/mol. The Bertz CT molecular complexity index is 171. The van der Waals surface area contributed by atoms with Crippen LogP contribution in [0.1, 0.15) is 32.6 Å². The third kappa shape index (κ3) is 4.63. The quantitative estimate of drug-likeness (QED) is 0.680. The Labute approximate surface area is 86.2 Å². The maximum Gasteiger partial charge on any atom is 0.110 e. The van der Waals surface area contributed by atoms with Crippen LogP contribution < -0.4 is 5.32 Å². The fourth-order valence-corrected chi connectivity index (χ4v) is 1.58. The molecule has 82 valence electrons. The van der Waals surface area contributed by atoms with E-state index in [-0.39, 0.29) is 12.2 Å². The highest BCUT2D eigenvalue weighted by Crippen LogP contribution is 2.08. The summed E-state index contributed by atoms with van der Waals surface area (Å²) in [4.78, 5) is 0. The van der Waals surface area contributed by atoms with Crippen molar-refractivity contribution in [2.45, 2.75) is 44.8 Å². The van der Waals surface area contributed by atoms with E-state index in [1.807, 2.05) is 6.08 Å². The molecular formula is C11H21NO2. The normalized spacial score (nSPS) is 23.1. The van der Waals surface area contributed by atoms with Gasteiger partial charge in [-0.1, -0.05) is 13.3 Å². The molecule has 2 N–H and O–H groups in total. The molecule has 1 heterocycles. The summed E-state index contributed by atoms with van der Waals surface area (Å²) in [6.07, 6.45) is 7.98. The summed E-state index contributed by atoms with van der Waals surface area (Å²) >= 11 is 0. The van der Waals surface area contributed by atoms with Crippen molar-refractivity contribution in [2.75, 3.05) is 13.1 Å². The van der Waals surface area contributed by atoms with E-state index >= 15 is 0 Å². The first-order chi connectivity index (χ1) is 6.83. The molecule has 0 saturated heterocycles. The van der Waals surface area contributed by atoms with Gasteiger partial charge in [-0.05, 0) is 25.3 Å². The van der Waals surface area contributed by atoms with Crippen molar-refractivity contribution in [2.24, 2.45) is 0 Å². The average molecular weight is 199 g/mol. The topological polar surface area (TPSA) is 41.5 Å². The molecule has 0 aromatic rings. The van der Waals surface area contributed by atoms with E-state index in [1.165, 1.54) is 0 Å². The zero-order valence-electron chi connectivity index (χ0n) is 8.91. The smallest absolute Gasteiger partial charge is 0.110 e. The summed E-state index contributed by atoms with van der Waals surface area (Å²) in [6.45, 7) is 3.60. The van der Waals surface area contributed by atoms with Crippen LogP contribution in [0.3, 0.4) is 0 Å². The number of rotatable bonds is 6. The SMILES string of the molecule is CCCC(O)CNCC1CCC=CO1. The Hall–Kier alpha value is -0.540. The van der Waals surface area contributed by atoms with Crippen molar-refractivity contribution in [3.63, 3.8) is 0 Å². The van der Waals surface area contributed by atoms with E-state index in [1.54, 1.807) is 6.26 Å². The molecule has 3 nitrogen and oxygen atoms in total. The van der Waals surface area contributed by atoms with E-state index in [4.69, 9.17) is 4.74 Å². The molecule has 0 fully saturated rings. The van der Waals surface area contributed by atoms with Gasteiger partial charge in [-0.3, -0.25) is 0 Å². The van der Waals surface area contributed by atoms with Crippen LogP contribution in [0, 0.1) is 0 Å². The molecule has 0 aromatic carbocycles. The second-order valence-corrected chi connectivity index (χ2v) is 3.81. The largest absolute Gasteiger partial charge is 0.497 e. The van der Waals surface area contributed by atoms with Gasteiger partial charge in [0, 0.05) is 13.1 Å². The Morgan fingerprint density at radius 1 is 1.64 bits per heavy atom. The first-order valence-corrected chi connectivity index (χ1v) is 5.52. The molecule has 2 unspecified atom stereocenters. The molecule has 14 heavy (non-hydrogen) atoms. The van der Waals surface area contributed by atoms with Crippen molar-refractivity contribution in [3.8, 4) is 0 Å². The Kier molecular flexibility index (Phi) is 5.64. The molecule has 0 saturated carbocycles. The van der Waals surface area contributed by atoms with Crippen LogP contribution in [0.25, 0.3) is 0 Å². The highest BCUT2D eigenvalue weighted by Gasteiger charge is 2.10. The standard InChI is InChI=1S/C11H21NO2/c1-2-5-10(13)8-12-9-11-6-3-4-7-14-11/h4,7,10-13H,2-3,5-6,8-9H2,1H3. The fourth-order valence-electron chi connectivity index (χ4n) is 1.58. The number of hydrogen-bond donors (Lipinski definition) is 2. The minimum Gasteiger partial charge on any atom is -0.497 e. The predicted octanol–water partition coefficient (Wildman–Crippen LogP) is 1.43. The van der Waals surface area contributed by atoms with Crippen molar-refractivity contribution in [1.29, 1.82) is 0 Å². The monoisotopic (exact) mass is 199 g/mol. The Morgan fingerprint density at radius 2 is 2.50 bits per heavy atom. The van der Waals surface area contributed by atoms with E-state index in [0.29, 0.717) is 6.54 Å². The number of aliphatic hydroxyl groups excluding tert-OH is 1. The van der Waals surface area contributed by atoms with Gasteiger partial charge in [0.05, 0.1) is 12.4 Å². The Morgan fingerprint density at radius 3 is 3.14 bits per heavy atom. The summed E-state index contributed by atoms with van der Waals surface area (Å²) in [6, 6.07) is 0. The second kappa shape index (κ2) is 6.85. The second-order valence-electron chi connectivity index (χ2n) is 3.81. The zero-order valence-corrected chi connectivity index (χ0v) is 8.91. The van der Waals surface area contributed by atoms with Gasteiger partial charge in [0.25, 0.3) is 0 Å². The molecule has 0 bridgehead atoms. The van der Waals surface area contributed by atoms with Gasteiger partial charge in [0.15, 0.2) is 0 Å². The summed E-state index contributed by atoms with van der Waals surface area (Å²) in [5, 5.41) is 12.7. The number of allylic oxidation sites excluding steroid dienone is 1. The lowest BCUT2D eigenvalue weighted by atomic mass is 10.1. The molecule has 1 aliphatic heterocycles. The lowest BCUT2D eigenvalue weighted by molar-refractivity contribution is 0.111. The Balaban J connectivity index is 2.00. The minimum absolute atomic E-state index is 0.209. The van der Waals surface area contributed by atoms with Crippen LogP contribution in [0.15, 0.2) is 12.3 Å². The van der Waals surface area contributed by atoms with Crippen LogP contribution in [0.4, 0.5) is 0 Å². The maximum atomic E-state index is 9.46. The van der Waals surface area contributed by atoms with Crippen molar-refractivity contribution in [3.05, 3.63) is 12.3 Å². The third-order valence-electron chi connectivity index (χ3n) is 2.40. The summed E-state index contributed by atoms with van der Waals surface area (Å²) < 4.78 is 5.40. The molecule has 0 aliphatic carbocycles. The van der Waals surface area contributed by atoms with Crippen LogP contribution in [0.5, 0.6) is 0 Å². The van der Waals surface area contributed by atoms with Gasteiger partial charge >= 0.3 is 0 Å². The van der Waals surface area contributed by atoms with Crippen molar-refractivity contribution < 1.29 is 9.84 Å². The van der Waals surface area contributed by atoms with Crippen molar-refractivity contribution >= 4 is 0 Å². The third-order valence-corrected chi connectivity index (χ3v) is 2.40. The molecule has 2 atom stereocenters. The highest BCUT2D eigenvalue weighted by molar-refractivity contribution is 4.83. The van der Waals surface area contributed by atoms with E-state index < -0.39 is 0 Å². The fraction of sp³-hybridized carbons (Fsp3) is 0.818. The predicted molar refractivity (Wildman–Crippen MR) is 57.0 cm³/mol. The van der Waals surface area contributed by atoms with E-state index in [9.17, 15) is 5.11 Å². The molecule has 1 aliphatic rings. The molecule has 0 aromatic heterocycles. The number of nitrogens with one attached hydrogen (secondary N) is 1. The van der Waals surface area contributed by atoms with Gasteiger partial charge in [0.2, 0.25) is 0 Å². The van der Waals surface area contributed by atoms with Crippen LogP contribution >= 0.6 is 0 Å². The lowest BCUT2D eigenvalue weighted by Crippen LogP contribution is -2.34. The summed E-state index contributed by atoms with van der Waals surface area (Å²) in [5.74, 6) is 0. The van der Waals surface area contributed by atoms with Crippen molar-refractivity contribution in [1.82, 2.24) is 5.32 Å². The van der Waals surface area contributed by atoms with E-state index in [2.05, 4.69) is 12.2 Å². The van der Waals surface area contributed by atoms with Gasteiger partial charge < -0.3 is 15.2 Å². The highest BCUT2D eigenvalue weighted by atomic mass is 16.5. The first-order valence-electron chi connectivity index (χ1n) is 5.52. The molecule has 0 spiro atoms. The van der Waals surface area contributed by atoms with Gasteiger partial charge in [-0.2, -0.15) is 0 Å². The zero-order chi connectivity index (χ0) is 10.2.